The topological polar surface area (TPSA) is 83.8 Å². The van der Waals surface area contributed by atoms with E-state index in [1.54, 1.807) is 6.20 Å². The number of anilines is 1. The average Bonchev–Trinajstić information content (AvgIpc) is 3.42. The van der Waals surface area contributed by atoms with Crippen molar-refractivity contribution in [1.29, 1.82) is 0 Å². The lowest BCUT2D eigenvalue weighted by Gasteiger charge is -2.07. The molecule has 0 radical (unpaired) electrons. The van der Waals surface area contributed by atoms with Gasteiger partial charge in [0.25, 0.3) is 0 Å². The number of aromatic amines is 1. The number of nitrogens with zero attached hydrogens (tertiary/aromatic N) is 2. The second kappa shape index (κ2) is 8.58. The Morgan fingerprint density at radius 2 is 1.84 bits per heavy atom. The first-order valence-corrected chi connectivity index (χ1v) is 11.2. The van der Waals surface area contributed by atoms with Crippen LogP contribution < -0.4 is 5.32 Å². The summed E-state index contributed by atoms with van der Waals surface area (Å²) in [4.78, 5) is 17.0. The SMILES string of the molecule is Cc1ccc2oc(-c3cn[nH]c3-c3ccc(NC(=O)Cc4ccc(I)cc4)cc3)nc2c1. The highest BCUT2D eigenvalue weighted by molar-refractivity contribution is 14.1. The second-order valence-electron chi connectivity index (χ2n) is 7.58. The van der Waals surface area contributed by atoms with E-state index in [2.05, 4.69) is 43.1 Å². The Morgan fingerprint density at radius 1 is 1.06 bits per heavy atom. The van der Waals surface area contributed by atoms with E-state index in [0.717, 1.165) is 48.3 Å². The van der Waals surface area contributed by atoms with Gasteiger partial charge < -0.3 is 9.73 Å². The van der Waals surface area contributed by atoms with Crippen LogP contribution in [0.5, 0.6) is 0 Å². The number of halogens is 1. The Bertz CT molecular complexity index is 1400. The molecule has 5 rings (SSSR count). The fourth-order valence-electron chi connectivity index (χ4n) is 3.53. The summed E-state index contributed by atoms with van der Waals surface area (Å²) in [6.07, 6.45) is 2.05. The predicted molar refractivity (Wildman–Crippen MR) is 133 cm³/mol. The normalized spacial score (nSPS) is 11.1. The smallest absolute Gasteiger partial charge is 0.231 e. The molecule has 0 atom stereocenters. The van der Waals surface area contributed by atoms with E-state index in [1.807, 2.05) is 73.7 Å². The van der Waals surface area contributed by atoms with Crippen molar-refractivity contribution in [3.8, 4) is 22.7 Å². The molecule has 0 saturated heterocycles. The van der Waals surface area contributed by atoms with E-state index in [4.69, 9.17) is 4.42 Å². The van der Waals surface area contributed by atoms with Crippen molar-refractivity contribution in [2.24, 2.45) is 0 Å². The molecule has 6 nitrogen and oxygen atoms in total. The van der Waals surface area contributed by atoms with Crippen LogP contribution in [-0.4, -0.2) is 21.1 Å². The van der Waals surface area contributed by atoms with Crippen LogP contribution in [-0.2, 0) is 11.2 Å². The number of nitrogens with one attached hydrogen (secondary N) is 2. The molecule has 1 amide bonds. The van der Waals surface area contributed by atoms with Crippen LogP contribution in [0.3, 0.4) is 0 Å². The van der Waals surface area contributed by atoms with Crippen molar-refractivity contribution in [1.82, 2.24) is 15.2 Å². The van der Waals surface area contributed by atoms with Gasteiger partial charge in [-0.3, -0.25) is 9.89 Å². The van der Waals surface area contributed by atoms with Gasteiger partial charge in [-0.2, -0.15) is 5.10 Å². The van der Waals surface area contributed by atoms with Crippen molar-refractivity contribution < 1.29 is 9.21 Å². The number of oxazole rings is 1. The van der Waals surface area contributed by atoms with Gasteiger partial charge in [0.2, 0.25) is 11.8 Å². The third-order valence-corrected chi connectivity index (χ3v) is 5.87. The zero-order valence-corrected chi connectivity index (χ0v) is 19.4. The van der Waals surface area contributed by atoms with E-state index in [9.17, 15) is 4.79 Å². The van der Waals surface area contributed by atoms with Crippen LogP contribution >= 0.6 is 22.6 Å². The highest BCUT2D eigenvalue weighted by Gasteiger charge is 2.16. The number of hydrogen-bond donors (Lipinski definition) is 2. The minimum absolute atomic E-state index is 0.0528. The number of carbonyl (C=O) groups excluding carboxylic acids is 1. The molecule has 158 valence electrons. The molecule has 3 aromatic carbocycles. The van der Waals surface area contributed by atoms with Crippen LogP contribution in [0.2, 0.25) is 0 Å². The Hall–Kier alpha value is -3.46. The summed E-state index contributed by atoms with van der Waals surface area (Å²) in [5.41, 5.74) is 6.93. The molecular weight excluding hydrogens is 515 g/mol. The summed E-state index contributed by atoms with van der Waals surface area (Å²) in [5, 5.41) is 10.2. The molecule has 0 unspecified atom stereocenters. The van der Waals surface area contributed by atoms with E-state index in [1.165, 1.54) is 0 Å². The summed E-state index contributed by atoms with van der Waals surface area (Å²) >= 11 is 2.25. The van der Waals surface area contributed by atoms with E-state index in [-0.39, 0.29) is 5.91 Å². The number of aromatic nitrogens is 3. The van der Waals surface area contributed by atoms with Crippen molar-refractivity contribution in [2.75, 3.05) is 5.32 Å². The largest absolute Gasteiger partial charge is 0.436 e. The number of hydrogen-bond acceptors (Lipinski definition) is 4. The first-order chi connectivity index (χ1) is 15.5. The minimum Gasteiger partial charge on any atom is -0.436 e. The molecule has 0 saturated carbocycles. The fourth-order valence-corrected chi connectivity index (χ4v) is 3.89. The van der Waals surface area contributed by atoms with Crippen molar-refractivity contribution in [3.05, 3.63) is 87.6 Å². The van der Waals surface area contributed by atoms with Crippen LogP contribution in [0.15, 0.2) is 77.3 Å². The van der Waals surface area contributed by atoms with Crippen LogP contribution in [0, 0.1) is 10.5 Å². The Labute approximate surface area is 198 Å². The second-order valence-corrected chi connectivity index (χ2v) is 8.82. The maximum atomic E-state index is 12.4. The molecule has 0 bridgehead atoms. The highest BCUT2D eigenvalue weighted by atomic mass is 127. The molecule has 32 heavy (non-hydrogen) atoms. The third-order valence-electron chi connectivity index (χ3n) is 5.15. The molecular formula is C25H19IN4O2. The van der Waals surface area contributed by atoms with Gasteiger partial charge in [-0.25, -0.2) is 4.98 Å². The standard InChI is InChI=1S/C25H19IN4O2/c1-15-2-11-22-21(12-15)29-25(32-22)20-14-27-30-24(20)17-5-9-19(10-6-17)28-23(31)13-16-3-7-18(26)8-4-16/h2-12,14H,13H2,1H3,(H,27,30)(H,28,31). The van der Waals surface area contributed by atoms with Crippen LogP contribution in [0.25, 0.3) is 33.8 Å². The van der Waals surface area contributed by atoms with Gasteiger partial charge >= 0.3 is 0 Å². The van der Waals surface area contributed by atoms with Gasteiger partial charge in [-0.1, -0.05) is 30.3 Å². The highest BCUT2D eigenvalue weighted by Crippen LogP contribution is 2.32. The molecule has 5 aromatic rings. The van der Waals surface area contributed by atoms with Crippen molar-refractivity contribution >= 4 is 45.3 Å². The molecule has 0 fully saturated rings. The maximum Gasteiger partial charge on any atom is 0.231 e. The lowest BCUT2D eigenvalue weighted by atomic mass is 10.1. The Morgan fingerprint density at radius 3 is 2.62 bits per heavy atom. The summed E-state index contributed by atoms with van der Waals surface area (Å²) < 4.78 is 7.09. The predicted octanol–water partition coefficient (Wildman–Crippen LogP) is 5.98. The molecule has 2 N–H and O–H groups in total. The van der Waals surface area contributed by atoms with Crippen molar-refractivity contribution in [3.63, 3.8) is 0 Å². The lowest BCUT2D eigenvalue weighted by Crippen LogP contribution is -2.14. The molecule has 0 spiro atoms. The van der Waals surface area contributed by atoms with Gasteiger partial charge in [-0.15, -0.1) is 0 Å². The first-order valence-electron chi connectivity index (χ1n) is 10.1. The number of fused-ring (bicyclic) bond motifs is 1. The summed E-state index contributed by atoms with van der Waals surface area (Å²) in [6.45, 7) is 2.03. The number of aryl methyl sites for hydroxylation is 1. The lowest BCUT2D eigenvalue weighted by molar-refractivity contribution is -0.115. The van der Waals surface area contributed by atoms with Crippen LogP contribution in [0.1, 0.15) is 11.1 Å². The van der Waals surface area contributed by atoms with Gasteiger partial charge in [0, 0.05) is 14.8 Å². The molecule has 2 aromatic heterocycles. The van der Waals surface area contributed by atoms with Gasteiger partial charge in [0.15, 0.2) is 5.58 Å². The fraction of sp³-hybridized carbons (Fsp3) is 0.0800. The monoisotopic (exact) mass is 534 g/mol. The number of H-pyrrole nitrogens is 1. The van der Waals surface area contributed by atoms with Crippen molar-refractivity contribution in [2.45, 2.75) is 13.3 Å². The minimum atomic E-state index is -0.0528. The quantitative estimate of drug-likeness (QED) is 0.272. The van der Waals surface area contributed by atoms with E-state index >= 15 is 0 Å². The zero-order chi connectivity index (χ0) is 22.1. The number of amides is 1. The molecule has 7 heteroatoms. The molecule has 0 aliphatic carbocycles. The summed E-state index contributed by atoms with van der Waals surface area (Å²) in [7, 11) is 0. The van der Waals surface area contributed by atoms with E-state index in [0.29, 0.717) is 12.3 Å². The summed E-state index contributed by atoms with van der Waals surface area (Å²) in [5.74, 6) is 0.465. The van der Waals surface area contributed by atoms with Gasteiger partial charge in [0.1, 0.15) is 5.52 Å². The number of benzene rings is 3. The zero-order valence-electron chi connectivity index (χ0n) is 17.2. The molecule has 0 aliphatic heterocycles. The Kier molecular flexibility index (Phi) is 5.48. The summed E-state index contributed by atoms with van der Waals surface area (Å²) in [6, 6.07) is 21.5. The average molecular weight is 534 g/mol. The third kappa shape index (κ3) is 4.29. The number of rotatable bonds is 5. The first kappa shape index (κ1) is 20.4. The maximum absolute atomic E-state index is 12.4. The van der Waals surface area contributed by atoms with Gasteiger partial charge in [0.05, 0.1) is 23.9 Å². The number of carbonyl (C=O) groups is 1. The van der Waals surface area contributed by atoms with E-state index < -0.39 is 0 Å². The molecule has 2 heterocycles. The Balaban J connectivity index is 1.34. The molecule has 0 aliphatic rings. The van der Waals surface area contributed by atoms with Crippen LogP contribution in [0.4, 0.5) is 5.69 Å². The van der Waals surface area contributed by atoms with Gasteiger partial charge in [-0.05, 0) is 77.0 Å².